The molecule has 0 spiro atoms. The minimum atomic E-state index is 0.610. The number of nitrogens with two attached hydrogens (primary N) is 1. The van der Waals surface area contributed by atoms with Gasteiger partial charge in [-0.1, -0.05) is 23.5 Å². The zero-order valence-electron chi connectivity index (χ0n) is 9.87. The number of rotatable bonds is 2. The lowest BCUT2D eigenvalue weighted by Crippen LogP contribution is -1.93. The van der Waals surface area contributed by atoms with Crippen molar-refractivity contribution in [3.63, 3.8) is 0 Å². The number of nitrogen functional groups attached to an aromatic ring is 1. The highest BCUT2D eigenvalue weighted by Crippen LogP contribution is 2.31. The van der Waals surface area contributed by atoms with Crippen LogP contribution in [0.2, 0.25) is 0 Å². The highest BCUT2D eigenvalue weighted by Gasteiger charge is 2.07. The third-order valence-electron chi connectivity index (χ3n) is 2.71. The van der Waals surface area contributed by atoms with E-state index in [4.69, 9.17) is 5.73 Å². The van der Waals surface area contributed by atoms with E-state index in [-0.39, 0.29) is 0 Å². The predicted molar refractivity (Wildman–Crippen MR) is 73.8 cm³/mol. The van der Waals surface area contributed by atoms with Crippen molar-refractivity contribution in [3.8, 4) is 16.1 Å². The van der Waals surface area contributed by atoms with E-state index < -0.39 is 0 Å². The van der Waals surface area contributed by atoms with Gasteiger partial charge < -0.3 is 5.73 Å². The number of aryl methyl sites for hydroxylation is 1. The lowest BCUT2D eigenvalue weighted by molar-refractivity contribution is 0.881. The molecular weight excluding hydrogens is 244 g/mol. The van der Waals surface area contributed by atoms with Gasteiger partial charge in [-0.05, 0) is 30.7 Å². The maximum Gasteiger partial charge on any atom is 0.180 e. The number of hydrogen-bond donors (Lipinski definition) is 1. The summed E-state index contributed by atoms with van der Waals surface area (Å²) in [6.45, 7) is 1.98. The summed E-state index contributed by atoms with van der Waals surface area (Å²) in [4.78, 5) is 5.36. The summed E-state index contributed by atoms with van der Waals surface area (Å²) in [7, 11) is 0. The van der Waals surface area contributed by atoms with E-state index in [2.05, 4.69) is 22.2 Å². The smallest absolute Gasteiger partial charge is 0.180 e. The Morgan fingerprint density at radius 3 is 2.56 bits per heavy atom. The van der Waals surface area contributed by atoms with Gasteiger partial charge in [0.05, 0.1) is 16.3 Å². The van der Waals surface area contributed by atoms with Crippen LogP contribution < -0.4 is 5.73 Å². The van der Waals surface area contributed by atoms with Gasteiger partial charge in [-0.15, -0.1) is 0 Å². The van der Waals surface area contributed by atoms with Crippen molar-refractivity contribution in [1.82, 2.24) is 14.8 Å². The van der Waals surface area contributed by atoms with Crippen LogP contribution in [0, 0.1) is 6.92 Å². The molecule has 90 valence electrons. The molecule has 0 aliphatic carbocycles. The second-order valence-corrected chi connectivity index (χ2v) is 4.99. The van der Waals surface area contributed by atoms with Crippen LogP contribution in [-0.2, 0) is 0 Å². The van der Waals surface area contributed by atoms with Crippen molar-refractivity contribution in [3.05, 3.63) is 48.4 Å². The Morgan fingerprint density at radius 2 is 2.00 bits per heavy atom. The Labute approximate surface area is 109 Å². The summed E-state index contributed by atoms with van der Waals surface area (Å²) in [5, 5.41) is 4.81. The Balaban J connectivity index is 1.99. The van der Waals surface area contributed by atoms with E-state index in [0.717, 1.165) is 21.8 Å². The average Bonchev–Trinajstić information content (AvgIpc) is 2.99. The number of nitrogens with zero attached hydrogens (tertiary/aromatic N) is 3. The number of hydrogen-bond acceptors (Lipinski definition) is 4. The molecule has 0 aliphatic heterocycles. The van der Waals surface area contributed by atoms with Crippen molar-refractivity contribution < 1.29 is 0 Å². The highest BCUT2D eigenvalue weighted by atomic mass is 32.1. The molecule has 0 bridgehead atoms. The van der Waals surface area contributed by atoms with Crippen molar-refractivity contribution in [2.45, 2.75) is 6.92 Å². The van der Waals surface area contributed by atoms with Crippen LogP contribution in [0.4, 0.5) is 5.13 Å². The third kappa shape index (κ3) is 1.89. The molecule has 0 radical (unpaired) electrons. The summed E-state index contributed by atoms with van der Waals surface area (Å²) in [6, 6.07) is 10.1. The van der Waals surface area contributed by atoms with E-state index in [1.165, 1.54) is 11.3 Å². The Kier molecular flexibility index (Phi) is 2.60. The van der Waals surface area contributed by atoms with Gasteiger partial charge in [0.2, 0.25) is 0 Å². The normalized spacial score (nSPS) is 10.7. The molecule has 0 atom stereocenters. The second-order valence-electron chi connectivity index (χ2n) is 3.96. The molecule has 0 saturated carbocycles. The Morgan fingerprint density at radius 1 is 1.22 bits per heavy atom. The van der Waals surface area contributed by atoms with Gasteiger partial charge in [0.15, 0.2) is 5.13 Å². The standard InChI is InChI=1S/C13H12N4S/c1-9-12(18-13(14)16-9)10-3-5-11(6-4-10)17-8-2-7-15-17/h2-8H,1H3,(H2,14,16). The molecule has 0 saturated heterocycles. The summed E-state index contributed by atoms with van der Waals surface area (Å²) in [5.41, 5.74) is 8.87. The molecule has 0 amide bonds. The van der Waals surface area contributed by atoms with Crippen LogP contribution in [0.15, 0.2) is 42.7 Å². The fourth-order valence-electron chi connectivity index (χ4n) is 1.87. The first kappa shape index (κ1) is 11.0. The number of benzene rings is 1. The lowest BCUT2D eigenvalue weighted by atomic mass is 10.1. The van der Waals surface area contributed by atoms with Crippen LogP contribution >= 0.6 is 11.3 Å². The maximum absolute atomic E-state index is 5.72. The highest BCUT2D eigenvalue weighted by molar-refractivity contribution is 7.18. The van der Waals surface area contributed by atoms with Crippen LogP contribution in [0.25, 0.3) is 16.1 Å². The first-order valence-corrected chi connectivity index (χ1v) is 6.39. The summed E-state index contributed by atoms with van der Waals surface area (Å²) < 4.78 is 1.83. The number of thiazole rings is 1. The zero-order valence-corrected chi connectivity index (χ0v) is 10.7. The largest absolute Gasteiger partial charge is 0.375 e. The molecule has 2 aromatic heterocycles. The van der Waals surface area contributed by atoms with Crippen LogP contribution in [0.3, 0.4) is 0 Å². The maximum atomic E-state index is 5.72. The van der Waals surface area contributed by atoms with Gasteiger partial charge in [-0.2, -0.15) is 5.10 Å². The molecule has 0 aliphatic rings. The number of anilines is 1. The molecule has 1 aromatic carbocycles. The predicted octanol–water partition coefficient (Wildman–Crippen LogP) is 2.89. The number of aromatic nitrogens is 3. The summed E-state index contributed by atoms with van der Waals surface area (Å²) >= 11 is 1.52. The monoisotopic (exact) mass is 256 g/mol. The van der Waals surface area contributed by atoms with Gasteiger partial charge in [0, 0.05) is 12.4 Å². The quantitative estimate of drug-likeness (QED) is 0.767. The fraction of sp³-hybridized carbons (Fsp3) is 0.0769. The molecule has 4 nitrogen and oxygen atoms in total. The Hall–Kier alpha value is -2.14. The minimum Gasteiger partial charge on any atom is -0.375 e. The molecule has 5 heteroatoms. The topological polar surface area (TPSA) is 56.7 Å². The van der Waals surface area contributed by atoms with E-state index in [1.54, 1.807) is 6.20 Å². The molecular formula is C13H12N4S. The molecule has 3 aromatic rings. The molecule has 0 unspecified atom stereocenters. The SMILES string of the molecule is Cc1nc(N)sc1-c1ccc(-n2cccn2)cc1. The van der Waals surface area contributed by atoms with Gasteiger partial charge >= 0.3 is 0 Å². The molecule has 2 N–H and O–H groups in total. The second kappa shape index (κ2) is 4.27. The van der Waals surface area contributed by atoms with Gasteiger partial charge in [-0.3, -0.25) is 0 Å². The van der Waals surface area contributed by atoms with Gasteiger partial charge in [-0.25, -0.2) is 9.67 Å². The van der Waals surface area contributed by atoms with Gasteiger partial charge in [0.1, 0.15) is 0 Å². The molecule has 2 heterocycles. The van der Waals surface area contributed by atoms with E-state index in [1.807, 2.05) is 36.0 Å². The van der Waals surface area contributed by atoms with Crippen molar-refractivity contribution in [2.24, 2.45) is 0 Å². The fourth-order valence-corrected chi connectivity index (χ4v) is 2.71. The van der Waals surface area contributed by atoms with Crippen molar-refractivity contribution in [1.29, 1.82) is 0 Å². The zero-order chi connectivity index (χ0) is 12.5. The van der Waals surface area contributed by atoms with Crippen molar-refractivity contribution >= 4 is 16.5 Å². The lowest BCUT2D eigenvalue weighted by Gasteiger charge is -2.03. The third-order valence-corrected chi connectivity index (χ3v) is 3.75. The molecule has 0 fully saturated rings. The van der Waals surface area contributed by atoms with Crippen LogP contribution in [0.5, 0.6) is 0 Å². The van der Waals surface area contributed by atoms with Crippen LogP contribution in [-0.4, -0.2) is 14.8 Å². The summed E-state index contributed by atoms with van der Waals surface area (Å²) in [6.07, 6.45) is 3.69. The van der Waals surface area contributed by atoms with E-state index in [0.29, 0.717) is 5.13 Å². The first-order valence-electron chi connectivity index (χ1n) is 5.57. The molecule has 3 rings (SSSR count). The summed E-state index contributed by atoms with van der Waals surface area (Å²) in [5.74, 6) is 0. The van der Waals surface area contributed by atoms with Crippen molar-refractivity contribution in [2.75, 3.05) is 5.73 Å². The van der Waals surface area contributed by atoms with Gasteiger partial charge in [0.25, 0.3) is 0 Å². The Bertz CT molecular complexity index is 653. The average molecular weight is 256 g/mol. The molecule has 18 heavy (non-hydrogen) atoms. The minimum absolute atomic E-state index is 0.610. The van der Waals surface area contributed by atoms with E-state index >= 15 is 0 Å². The van der Waals surface area contributed by atoms with E-state index in [9.17, 15) is 0 Å². The first-order chi connectivity index (χ1) is 8.74. The van der Waals surface area contributed by atoms with Crippen LogP contribution in [0.1, 0.15) is 5.69 Å².